The number of nitrogens with two attached hydrogens (primary N) is 1. The van der Waals surface area contributed by atoms with E-state index in [4.69, 9.17) is 15.6 Å². The fourth-order valence-electron chi connectivity index (χ4n) is 1.18. The van der Waals surface area contributed by atoms with Crippen LogP contribution in [0.1, 0.15) is 39.5 Å². The van der Waals surface area contributed by atoms with Crippen molar-refractivity contribution in [2.75, 3.05) is 26.4 Å². The van der Waals surface area contributed by atoms with Crippen LogP contribution in [0.4, 0.5) is 0 Å². The van der Waals surface area contributed by atoms with Gasteiger partial charge in [-0.2, -0.15) is 0 Å². The van der Waals surface area contributed by atoms with Crippen LogP contribution in [-0.4, -0.2) is 31.5 Å². The van der Waals surface area contributed by atoms with Crippen LogP contribution in [-0.2, 0) is 4.74 Å². The first-order chi connectivity index (χ1) is 6.62. The number of unbranched alkanes of at least 4 members (excludes halogenated alkanes) is 1. The van der Waals surface area contributed by atoms with E-state index in [1.54, 1.807) is 0 Å². The highest BCUT2D eigenvalue weighted by atomic mass is 16.5. The van der Waals surface area contributed by atoms with Crippen molar-refractivity contribution < 1.29 is 9.84 Å². The van der Waals surface area contributed by atoms with E-state index in [0.29, 0.717) is 6.61 Å². The number of hydrogen-bond acceptors (Lipinski definition) is 3. The van der Waals surface area contributed by atoms with Crippen molar-refractivity contribution in [1.29, 1.82) is 0 Å². The molecular formula is C11H25NO2. The molecule has 0 aromatic rings. The molecule has 0 radical (unpaired) electrons. The third-order valence-electron chi connectivity index (χ3n) is 2.39. The fourth-order valence-corrected chi connectivity index (χ4v) is 1.18. The van der Waals surface area contributed by atoms with E-state index in [2.05, 4.69) is 13.8 Å². The topological polar surface area (TPSA) is 55.5 Å². The van der Waals surface area contributed by atoms with Gasteiger partial charge < -0.3 is 15.6 Å². The van der Waals surface area contributed by atoms with Gasteiger partial charge in [0.1, 0.15) is 0 Å². The first-order valence-corrected chi connectivity index (χ1v) is 5.51. The summed E-state index contributed by atoms with van der Waals surface area (Å²) >= 11 is 0. The van der Waals surface area contributed by atoms with Crippen molar-refractivity contribution >= 4 is 0 Å². The molecule has 3 N–H and O–H groups in total. The van der Waals surface area contributed by atoms with Gasteiger partial charge in [0.05, 0.1) is 0 Å². The normalized spacial score (nSPS) is 12.0. The van der Waals surface area contributed by atoms with Gasteiger partial charge in [-0.05, 0) is 31.2 Å². The van der Waals surface area contributed by atoms with E-state index in [9.17, 15) is 0 Å². The van der Waals surface area contributed by atoms with Crippen molar-refractivity contribution in [3.8, 4) is 0 Å². The molecule has 0 aromatic carbocycles. The Balaban J connectivity index is 3.13. The fraction of sp³-hybridized carbons (Fsp3) is 1.00. The molecule has 3 heteroatoms. The molecule has 0 aromatic heterocycles. The van der Waals surface area contributed by atoms with Crippen molar-refractivity contribution in [2.45, 2.75) is 39.5 Å². The summed E-state index contributed by atoms with van der Waals surface area (Å²) in [5.74, 6) is 0. The van der Waals surface area contributed by atoms with Gasteiger partial charge in [0.15, 0.2) is 0 Å². The Labute approximate surface area is 87.6 Å². The molecule has 3 nitrogen and oxygen atoms in total. The summed E-state index contributed by atoms with van der Waals surface area (Å²) in [6.07, 6.45) is 4.17. The number of rotatable bonds is 9. The van der Waals surface area contributed by atoms with Gasteiger partial charge in [0.25, 0.3) is 0 Å². The number of ether oxygens (including phenoxy) is 1. The number of hydrogen-bond donors (Lipinski definition) is 2. The zero-order valence-electron chi connectivity index (χ0n) is 9.59. The van der Waals surface area contributed by atoms with Crippen LogP contribution in [0.3, 0.4) is 0 Å². The van der Waals surface area contributed by atoms with Crippen LogP contribution in [0, 0.1) is 5.41 Å². The van der Waals surface area contributed by atoms with E-state index in [0.717, 1.165) is 32.4 Å². The predicted octanol–water partition coefficient (Wildman–Crippen LogP) is 1.54. The lowest BCUT2D eigenvalue weighted by atomic mass is 9.87. The lowest BCUT2D eigenvalue weighted by molar-refractivity contribution is 0.110. The summed E-state index contributed by atoms with van der Waals surface area (Å²) in [7, 11) is 0. The molecule has 0 aliphatic carbocycles. The molecule has 86 valence electrons. The van der Waals surface area contributed by atoms with Gasteiger partial charge in [-0.1, -0.05) is 20.3 Å². The number of aliphatic hydroxyl groups excluding tert-OH is 1. The Morgan fingerprint density at radius 3 is 2.36 bits per heavy atom. The van der Waals surface area contributed by atoms with Crippen LogP contribution >= 0.6 is 0 Å². The van der Waals surface area contributed by atoms with Crippen LogP contribution in [0.5, 0.6) is 0 Å². The van der Waals surface area contributed by atoms with E-state index in [1.165, 1.54) is 6.42 Å². The Hall–Kier alpha value is -0.120. The smallest absolute Gasteiger partial charge is 0.0487 e. The van der Waals surface area contributed by atoms with Crippen LogP contribution in [0.25, 0.3) is 0 Å². The predicted molar refractivity (Wildman–Crippen MR) is 59.2 cm³/mol. The molecule has 0 amide bonds. The summed E-state index contributed by atoms with van der Waals surface area (Å²) in [6.45, 7) is 6.84. The molecule has 0 unspecified atom stereocenters. The standard InChI is InChI=1S/C11H25NO2/c1-11(2,10-12)6-3-4-8-14-9-5-7-13/h13H,3-10,12H2,1-2H3. The largest absolute Gasteiger partial charge is 0.396 e. The second kappa shape index (κ2) is 8.21. The first-order valence-electron chi connectivity index (χ1n) is 5.51. The van der Waals surface area contributed by atoms with E-state index in [1.807, 2.05) is 0 Å². The zero-order valence-corrected chi connectivity index (χ0v) is 9.59. The highest BCUT2D eigenvalue weighted by molar-refractivity contribution is 4.68. The third-order valence-corrected chi connectivity index (χ3v) is 2.39. The molecule has 0 bridgehead atoms. The Morgan fingerprint density at radius 1 is 1.14 bits per heavy atom. The lowest BCUT2D eigenvalue weighted by Crippen LogP contribution is -2.23. The lowest BCUT2D eigenvalue weighted by Gasteiger charge is -2.21. The average Bonchev–Trinajstić information content (AvgIpc) is 2.16. The van der Waals surface area contributed by atoms with Crippen LogP contribution in [0.15, 0.2) is 0 Å². The molecule has 0 spiro atoms. The zero-order chi connectivity index (χ0) is 10.9. The van der Waals surface area contributed by atoms with Gasteiger partial charge in [0.2, 0.25) is 0 Å². The summed E-state index contributed by atoms with van der Waals surface area (Å²) in [5.41, 5.74) is 5.90. The molecule has 14 heavy (non-hydrogen) atoms. The SMILES string of the molecule is CC(C)(CN)CCCCOCCCO. The van der Waals surface area contributed by atoms with Gasteiger partial charge >= 0.3 is 0 Å². The van der Waals surface area contributed by atoms with E-state index >= 15 is 0 Å². The summed E-state index contributed by atoms with van der Waals surface area (Å²) in [4.78, 5) is 0. The van der Waals surface area contributed by atoms with Crippen molar-refractivity contribution in [3.05, 3.63) is 0 Å². The molecule has 0 aliphatic rings. The van der Waals surface area contributed by atoms with Crippen molar-refractivity contribution in [2.24, 2.45) is 11.1 Å². The molecule has 0 aliphatic heterocycles. The Morgan fingerprint density at radius 2 is 1.79 bits per heavy atom. The Bertz CT molecular complexity index is 126. The molecule has 0 atom stereocenters. The highest BCUT2D eigenvalue weighted by Gasteiger charge is 2.13. The first kappa shape index (κ1) is 13.9. The molecule has 0 rings (SSSR count). The van der Waals surface area contributed by atoms with Crippen molar-refractivity contribution in [1.82, 2.24) is 0 Å². The van der Waals surface area contributed by atoms with Crippen molar-refractivity contribution in [3.63, 3.8) is 0 Å². The van der Waals surface area contributed by atoms with E-state index < -0.39 is 0 Å². The molecular weight excluding hydrogens is 178 g/mol. The maximum Gasteiger partial charge on any atom is 0.0487 e. The van der Waals surface area contributed by atoms with Gasteiger partial charge in [-0.3, -0.25) is 0 Å². The van der Waals surface area contributed by atoms with Gasteiger partial charge in [-0.25, -0.2) is 0 Å². The number of aliphatic hydroxyl groups is 1. The average molecular weight is 203 g/mol. The molecule has 0 saturated carbocycles. The molecule has 0 saturated heterocycles. The monoisotopic (exact) mass is 203 g/mol. The summed E-state index contributed by atoms with van der Waals surface area (Å²) in [5, 5.41) is 8.51. The maximum absolute atomic E-state index is 8.51. The molecule has 0 heterocycles. The van der Waals surface area contributed by atoms with Gasteiger partial charge in [0, 0.05) is 19.8 Å². The minimum Gasteiger partial charge on any atom is -0.396 e. The highest BCUT2D eigenvalue weighted by Crippen LogP contribution is 2.20. The third kappa shape index (κ3) is 8.48. The van der Waals surface area contributed by atoms with E-state index in [-0.39, 0.29) is 12.0 Å². The maximum atomic E-state index is 8.51. The Kier molecular flexibility index (Phi) is 8.14. The molecule has 0 fully saturated rings. The second-order valence-electron chi connectivity index (χ2n) is 4.51. The minimum atomic E-state index is 0.222. The van der Waals surface area contributed by atoms with Crippen LogP contribution < -0.4 is 5.73 Å². The summed E-state index contributed by atoms with van der Waals surface area (Å²) < 4.78 is 5.33. The van der Waals surface area contributed by atoms with Gasteiger partial charge in [-0.15, -0.1) is 0 Å². The quantitative estimate of drug-likeness (QED) is 0.559. The van der Waals surface area contributed by atoms with Crippen LogP contribution in [0.2, 0.25) is 0 Å². The summed E-state index contributed by atoms with van der Waals surface area (Å²) in [6, 6.07) is 0. The second-order valence-corrected chi connectivity index (χ2v) is 4.51. The minimum absolute atomic E-state index is 0.222.